The number of amides is 1. The maximum Gasteiger partial charge on any atom is 0.229 e. The third-order valence-corrected chi connectivity index (χ3v) is 6.49. The Hall–Kier alpha value is -3.45. The second-order valence-corrected chi connectivity index (χ2v) is 8.69. The molecule has 0 spiro atoms. The number of nitrogens with zero attached hydrogens (tertiary/aromatic N) is 4. The first-order valence-electron chi connectivity index (χ1n) is 10.9. The van der Waals surface area contributed by atoms with E-state index in [-0.39, 0.29) is 17.6 Å². The topological polar surface area (TPSA) is 65.1 Å². The summed E-state index contributed by atoms with van der Waals surface area (Å²) in [5.41, 5.74) is 4.19. The number of hydrogen-bond donors (Lipinski definition) is 1. The van der Waals surface area contributed by atoms with Crippen LogP contribution < -0.4 is 4.90 Å². The molecule has 1 aliphatic heterocycles. The van der Waals surface area contributed by atoms with E-state index < -0.39 is 0 Å². The maximum absolute atomic E-state index is 14.0. The first-order chi connectivity index (χ1) is 16.0. The molecule has 0 bridgehead atoms. The van der Waals surface area contributed by atoms with E-state index in [0.717, 1.165) is 27.8 Å². The van der Waals surface area contributed by atoms with Gasteiger partial charge < -0.3 is 9.80 Å². The van der Waals surface area contributed by atoms with Gasteiger partial charge in [0.1, 0.15) is 5.82 Å². The van der Waals surface area contributed by atoms with Crippen molar-refractivity contribution in [1.29, 1.82) is 0 Å². The number of fused-ring (bicyclic) bond motifs is 1. The van der Waals surface area contributed by atoms with Crippen molar-refractivity contribution < 1.29 is 9.18 Å². The lowest BCUT2D eigenvalue weighted by atomic mass is 9.99. The monoisotopic (exact) mass is 463 g/mol. The van der Waals surface area contributed by atoms with Crippen molar-refractivity contribution >= 4 is 34.2 Å². The summed E-state index contributed by atoms with van der Waals surface area (Å²) in [6, 6.07) is 13.9. The molecule has 1 aliphatic rings. The zero-order valence-corrected chi connectivity index (χ0v) is 18.9. The molecular weight excluding hydrogens is 441 g/mol. The molecule has 0 radical (unpaired) electrons. The normalized spacial score (nSPS) is 15.1. The van der Waals surface area contributed by atoms with E-state index in [1.54, 1.807) is 18.5 Å². The second-order valence-electron chi connectivity index (χ2n) is 8.25. The van der Waals surface area contributed by atoms with E-state index in [1.165, 1.54) is 12.1 Å². The fourth-order valence-electron chi connectivity index (χ4n) is 4.41. The molecule has 1 N–H and O–H groups in total. The largest absolute Gasteiger partial charge is 0.367 e. The molecule has 168 valence electrons. The number of nitrogens with one attached hydrogen (secondary N) is 1. The van der Waals surface area contributed by atoms with E-state index >= 15 is 0 Å². The summed E-state index contributed by atoms with van der Waals surface area (Å²) in [6.45, 7) is 4.44. The van der Waals surface area contributed by atoms with Crippen LogP contribution in [0.25, 0.3) is 22.2 Å². The van der Waals surface area contributed by atoms with Gasteiger partial charge in [-0.2, -0.15) is 5.10 Å². The van der Waals surface area contributed by atoms with Gasteiger partial charge in [0.15, 0.2) is 5.65 Å². The Balaban J connectivity index is 1.39. The van der Waals surface area contributed by atoms with Gasteiger partial charge in [-0.15, -0.1) is 0 Å². The number of carbonyl (C=O) groups excluding carboxylic acids is 1. The number of piperazine rings is 1. The first kappa shape index (κ1) is 21.4. The number of anilines is 1. The van der Waals surface area contributed by atoms with Gasteiger partial charge in [-0.25, -0.2) is 9.37 Å². The van der Waals surface area contributed by atoms with Crippen molar-refractivity contribution in [3.8, 4) is 11.1 Å². The standard InChI is InChI=1S/C25H23ClFN5O/c1-16(17-5-7-19(26)8-6-17)25(33)32-11-9-31(10-12-32)23-21(18-3-2-4-20(27)13-18)14-28-24-22(23)15-29-30-24/h2-8,13-16H,9-12H2,1H3,(H,28,29,30)/t16-/m0/s1. The van der Waals surface area contributed by atoms with Crippen LogP contribution in [0.15, 0.2) is 60.9 Å². The number of pyridine rings is 1. The zero-order valence-electron chi connectivity index (χ0n) is 18.1. The fraction of sp³-hybridized carbons (Fsp3) is 0.240. The maximum atomic E-state index is 14.0. The number of aromatic amines is 1. The molecule has 8 heteroatoms. The van der Waals surface area contributed by atoms with Gasteiger partial charge in [0, 0.05) is 43.0 Å². The average molecular weight is 464 g/mol. The van der Waals surface area contributed by atoms with Crippen LogP contribution in [0.3, 0.4) is 0 Å². The van der Waals surface area contributed by atoms with E-state index in [4.69, 9.17) is 11.6 Å². The third kappa shape index (κ3) is 4.16. The van der Waals surface area contributed by atoms with Crippen LogP contribution in [0.5, 0.6) is 0 Å². The van der Waals surface area contributed by atoms with Gasteiger partial charge in [-0.3, -0.25) is 9.89 Å². The molecule has 4 aromatic rings. The van der Waals surface area contributed by atoms with E-state index in [9.17, 15) is 9.18 Å². The smallest absolute Gasteiger partial charge is 0.229 e. The van der Waals surface area contributed by atoms with E-state index in [2.05, 4.69) is 20.1 Å². The number of aromatic nitrogens is 3. The fourth-order valence-corrected chi connectivity index (χ4v) is 4.54. The van der Waals surface area contributed by atoms with Crippen LogP contribution in [-0.2, 0) is 4.79 Å². The molecule has 0 aliphatic carbocycles. The Morgan fingerprint density at radius 1 is 1.09 bits per heavy atom. The third-order valence-electron chi connectivity index (χ3n) is 6.24. The van der Waals surface area contributed by atoms with Gasteiger partial charge in [0.25, 0.3) is 0 Å². The van der Waals surface area contributed by atoms with E-state index in [0.29, 0.717) is 36.8 Å². The molecule has 1 fully saturated rings. The summed E-state index contributed by atoms with van der Waals surface area (Å²) in [5.74, 6) is -0.430. The lowest BCUT2D eigenvalue weighted by molar-refractivity contribution is -0.132. The Kier molecular flexibility index (Phi) is 5.72. The van der Waals surface area contributed by atoms with Crippen LogP contribution in [0.2, 0.25) is 5.02 Å². The molecule has 2 aromatic carbocycles. The highest BCUT2D eigenvalue weighted by molar-refractivity contribution is 6.30. The molecule has 1 amide bonds. The lowest BCUT2D eigenvalue weighted by Gasteiger charge is -2.38. The number of hydrogen-bond acceptors (Lipinski definition) is 4. The molecule has 33 heavy (non-hydrogen) atoms. The van der Waals surface area contributed by atoms with Crippen molar-refractivity contribution in [2.45, 2.75) is 12.8 Å². The Labute approximate surface area is 196 Å². The number of H-pyrrole nitrogens is 1. The summed E-state index contributed by atoms with van der Waals surface area (Å²) >= 11 is 5.98. The zero-order chi connectivity index (χ0) is 22.9. The average Bonchev–Trinajstić information content (AvgIpc) is 3.32. The molecule has 0 unspecified atom stereocenters. The number of rotatable bonds is 4. The summed E-state index contributed by atoms with van der Waals surface area (Å²) in [5, 5.41) is 8.61. The highest BCUT2D eigenvalue weighted by Crippen LogP contribution is 2.36. The van der Waals surface area contributed by atoms with Crippen molar-refractivity contribution in [2.24, 2.45) is 0 Å². The minimum Gasteiger partial charge on any atom is -0.367 e. The second kappa shape index (κ2) is 8.83. The highest BCUT2D eigenvalue weighted by Gasteiger charge is 2.28. The Bertz CT molecular complexity index is 1300. The SMILES string of the molecule is C[C@H](C(=O)N1CCN(c2c(-c3cccc(F)c3)cnc3[nH]ncc23)CC1)c1ccc(Cl)cc1. The minimum atomic E-state index is -0.294. The van der Waals surface area contributed by atoms with Crippen LogP contribution in [0.4, 0.5) is 10.1 Å². The molecule has 6 nitrogen and oxygen atoms in total. The molecular formula is C25H23ClFN5O. The van der Waals surface area contributed by atoms with Crippen LogP contribution in [-0.4, -0.2) is 52.2 Å². The van der Waals surface area contributed by atoms with E-state index in [1.807, 2.05) is 42.2 Å². The molecule has 3 heterocycles. The lowest BCUT2D eigenvalue weighted by Crippen LogP contribution is -2.50. The van der Waals surface area contributed by atoms with Crippen LogP contribution in [0.1, 0.15) is 18.4 Å². The summed E-state index contributed by atoms with van der Waals surface area (Å²) in [6.07, 6.45) is 3.51. The number of carbonyl (C=O) groups is 1. The van der Waals surface area contributed by atoms with Gasteiger partial charge in [0.05, 0.1) is 23.2 Å². The predicted octanol–water partition coefficient (Wildman–Crippen LogP) is 4.87. The summed E-state index contributed by atoms with van der Waals surface area (Å²) in [4.78, 5) is 21.7. The van der Waals surface area contributed by atoms with Crippen LogP contribution >= 0.6 is 11.6 Å². The number of benzene rings is 2. The van der Waals surface area contributed by atoms with Gasteiger partial charge >= 0.3 is 0 Å². The van der Waals surface area contributed by atoms with Gasteiger partial charge in [0.2, 0.25) is 5.91 Å². The molecule has 5 rings (SSSR count). The summed E-state index contributed by atoms with van der Waals surface area (Å²) in [7, 11) is 0. The Morgan fingerprint density at radius 2 is 1.85 bits per heavy atom. The van der Waals surface area contributed by atoms with Gasteiger partial charge in [-0.1, -0.05) is 35.9 Å². The molecule has 0 saturated carbocycles. The molecule has 1 atom stereocenters. The summed E-state index contributed by atoms with van der Waals surface area (Å²) < 4.78 is 14.0. The minimum absolute atomic E-state index is 0.102. The van der Waals surface area contributed by atoms with Crippen molar-refractivity contribution in [2.75, 3.05) is 31.1 Å². The Morgan fingerprint density at radius 3 is 2.58 bits per heavy atom. The first-order valence-corrected chi connectivity index (χ1v) is 11.3. The van der Waals surface area contributed by atoms with Gasteiger partial charge in [-0.05, 0) is 42.3 Å². The van der Waals surface area contributed by atoms with Crippen molar-refractivity contribution in [3.05, 3.63) is 77.3 Å². The molecule has 2 aromatic heterocycles. The molecule has 1 saturated heterocycles. The quantitative estimate of drug-likeness (QED) is 0.469. The highest BCUT2D eigenvalue weighted by atomic mass is 35.5. The van der Waals surface area contributed by atoms with Crippen molar-refractivity contribution in [1.82, 2.24) is 20.1 Å². The van der Waals surface area contributed by atoms with Crippen LogP contribution in [0, 0.1) is 5.82 Å². The van der Waals surface area contributed by atoms with Crippen molar-refractivity contribution in [3.63, 3.8) is 0 Å². The predicted molar refractivity (Wildman–Crippen MR) is 128 cm³/mol. The number of halogens is 2.